The standard InChI is InChI=1S/C17H34N2O/c1-3-4-5-6-7-8-9-10-11-12-17(20)19-15-13-18(2)14-16-19/h3-16H2,1-2H3. The summed E-state index contributed by atoms with van der Waals surface area (Å²) in [5.74, 6) is 0.376. The molecule has 1 amide bonds. The van der Waals surface area contributed by atoms with Crippen molar-refractivity contribution in [3.05, 3.63) is 0 Å². The summed E-state index contributed by atoms with van der Waals surface area (Å²) in [6.45, 7) is 6.17. The zero-order chi connectivity index (χ0) is 14.6. The van der Waals surface area contributed by atoms with Crippen LogP contribution in [-0.2, 0) is 4.79 Å². The van der Waals surface area contributed by atoms with Crippen LogP contribution in [0.5, 0.6) is 0 Å². The van der Waals surface area contributed by atoms with Crippen LogP contribution in [0.15, 0.2) is 0 Å². The lowest BCUT2D eigenvalue weighted by Gasteiger charge is -2.32. The molecule has 0 radical (unpaired) electrons. The van der Waals surface area contributed by atoms with Gasteiger partial charge >= 0.3 is 0 Å². The minimum Gasteiger partial charge on any atom is -0.340 e. The smallest absolute Gasteiger partial charge is 0.222 e. The van der Waals surface area contributed by atoms with Crippen molar-refractivity contribution in [1.29, 1.82) is 0 Å². The van der Waals surface area contributed by atoms with Crippen molar-refractivity contribution >= 4 is 5.91 Å². The summed E-state index contributed by atoms with van der Waals surface area (Å²) in [6.07, 6.45) is 12.6. The molecule has 0 aliphatic carbocycles. The molecule has 1 rings (SSSR count). The minimum atomic E-state index is 0.376. The molecule has 0 unspecified atom stereocenters. The Hall–Kier alpha value is -0.570. The number of carbonyl (C=O) groups excluding carboxylic acids is 1. The lowest BCUT2D eigenvalue weighted by molar-refractivity contribution is -0.132. The third-order valence-electron chi connectivity index (χ3n) is 4.35. The van der Waals surface area contributed by atoms with Gasteiger partial charge in [-0.3, -0.25) is 4.79 Å². The number of hydrogen-bond donors (Lipinski definition) is 0. The SMILES string of the molecule is CCCCCCCCCCCC(=O)N1CCN(C)CC1. The highest BCUT2D eigenvalue weighted by atomic mass is 16.2. The summed E-state index contributed by atoms with van der Waals surface area (Å²) in [7, 11) is 2.13. The number of carbonyl (C=O) groups is 1. The summed E-state index contributed by atoms with van der Waals surface area (Å²) in [6, 6.07) is 0. The van der Waals surface area contributed by atoms with Crippen molar-refractivity contribution in [2.75, 3.05) is 33.2 Å². The predicted molar refractivity (Wildman–Crippen MR) is 85.9 cm³/mol. The molecule has 0 aromatic heterocycles. The first-order chi connectivity index (χ1) is 9.74. The van der Waals surface area contributed by atoms with Gasteiger partial charge in [0.2, 0.25) is 5.91 Å². The van der Waals surface area contributed by atoms with Crippen LogP contribution in [-0.4, -0.2) is 48.9 Å². The van der Waals surface area contributed by atoms with Crippen LogP contribution < -0.4 is 0 Å². The highest BCUT2D eigenvalue weighted by Crippen LogP contribution is 2.11. The van der Waals surface area contributed by atoms with Gasteiger partial charge in [-0.1, -0.05) is 58.3 Å². The fraction of sp³-hybridized carbons (Fsp3) is 0.941. The lowest BCUT2D eigenvalue weighted by atomic mass is 10.1. The first-order valence-corrected chi connectivity index (χ1v) is 8.70. The van der Waals surface area contributed by atoms with Crippen LogP contribution in [0, 0.1) is 0 Å². The van der Waals surface area contributed by atoms with Gasteiger partial charge in [0.15, 0.2) is 0 Å². The second-order valence-corrected chi connectivity index (χ2v) is 6.26. The van der Waals surface area contributed by atoms with Crippen LogP contribution in [0.1, 0.15) is 71.1 Å². The minimum absolute atomic E-state index is 0.376. The average molecular weight is 282 g/mol. The monoisotopic (exact) mass is 282 g/mol. The number of amides is 1. The zero-order valence-electron chi connectivity index (χ0n) is 13.7. The molecule has 0 N–H and O–H groups in total. The topological polar surface area (TPSA) is 23.6 Å². The fourth-order valence-electron chi connectivity index (χ4n) is 2.80. The maximum absolute atomic E-state index is 12.0. The van der Waals surface area contributed by atoms with E-state index in [1.165, 1.54) is 51.4 Å². The summed E-state index contributed by atoms with van der Waals surface area (Å²) >= 11 is 0. The Bertz CT molecular complexity index is 247. The molecule has 0 spiro atoms. The van der Waals surface area contributed by atoms with Gasteiger partial charge in [-0.2, -0.15) is 0 Å². The molecule has 1 aliphatic heterocycles. The Morgan fingerprint density at radius 1 is 0.800 bits per heavy atom. The number of nitrogens with zero attached hydrogens (tertiary/aromatic N) is 2. The summed E-state index contributed by atoms with van der Waals surface area (Å²) in [5, 5.41) is 0. The molecule has 1 heterocycles. The van der Waals surface area contributed by atoms with E-state index in [-0.39, 0.29) is 0 Å². The fourth-order valence-corrected chi connectivity index (χ4v) is 2.80. The van der Waals surface area contributed by atoms with E-state index in [2.05, 4.69) is 18.9 Å². The highest BCUT2D eigenvalue weighted by molar-refractivity contribution is 5.76. The van der Waals surface area contributed by atoms with Crippen molar-refractivity contribution in [3.63, 3.8) is 0 Å². The van der Waals surface area contributed by atoms with Crippen LogP contribution in [0.2, 0.25) is 0 Å². The van der Waals surface area contributed by atoms with Gasteiger partial charge in [-0.15, -0.1) is 0 Å². The molecule has 20 heavy (non-hydrogen) atoms. The van der Waals surface area contributed by atoms with Gasteiger partial charge in [-0.25, -0.2) is 0 Å². The summed E-state index contributed by atoms with van der Waals surface area (Å²) < 4.78 is 0. The van der Waals surface area contributed by atoms with Crippen molar-refractivity contribution < 1.29 is 4.79 Å². The molecular weight excluding hydrogens is 248 g/mol. The molecule has 0 aromatic carbocycles. The Morgan fingerprint density at radius 2 is 1.30 bits per heavy atom. The number of unbranched alkanes of at least 4 members (excludes halogenated alkanes) is 8. The van der Waals surface area contributed by atoms with E-state index in [0.717, 1.165) is 39.0 Å². The molecule has 0 atom stereocenters. The van der Waals surface area contributed by atoms with E-state index in [9.17, 15) is 4.79 Å². The first-order valence-electron chi connectivity index (χ1n) is 8.70. The van der Waals surface area contributed by atoms with Crippen LogP contribution in [0.25, 0.3) is 0 Å². The molecule has 1 fully saturated rings. The average Bonchev–Trinajstić information content (AvgIpc) is 2.46. The second-order valence-electron chi connectivity index (χ2n) is 6.26. The predicted octanol–water partition coefficient (Wildman–Crippen LogP) is 3.68. The number of piperazine rings is 1. The van der Waals surface area contributed by atoms with Gasteiger partial charge in [0.25, 0.3) is 0 Å². The Labute approximate surface area is 125 Å². The van der Waals surface area contributed by atoms with E-state index < -0.39 is 0 Å². The van der Waals surface area contributed by atoms with Crippen molar-refractivity contribution in [3.8, 4) is 0 Å². The highest BCUT2D eigenvalue weighted by Gasteiger charge is 2.17. The molecule has 3 heteroatoms. The molecular formula is C17H34N2O. The first kappa shape index (κ1) is 17.5. The van der Waals surface area contributed by atoms with Crippen LogP contribution in [0.3, 0.4) is 0 Å². The molecule has 0 saturated carbocycles. The number of hydrogen-bond acceptors (Lipinski definition) is 2. The van der Waals surface area contributed by atoms with Crippen molar-refractivity contribution in [2.24, 2.45) is 0 Å². The van der Waals surface area contributed by atoms with E-state index >= 15 is 0 Å². The van der Waals surface area contributed by atoms with E-state index in [1.54, 1.807) is 0 Å². The van der Waals surface area contributed by atoms with Gasteiger partial charge in [0.1, 0.15) is 0 Å². The van der Waals surface area contributed by atoms with Gasteiger partial charge in [0.05, 0.1) is 0 Å². The normalized spacial score (nSPS) is 16.6. The van der Waals surface area contributed by atoms with Crippen molar-refractivity contribution in [2.45, 2.75) is 71.1 Å². The maximum atomic E-state index is 12.0. The van der Waals surface area contributed by atoms with Gasteiger partial charge in [0, 0.05) is 32.6 Å². The Morgan fingerprint density at radius 3 is 1.85 bits per heavy atom. The third kappa shape index (κ3) is 7.88. The third-order valence-corrected chi connectivity index (χ3v) is 4.35. The Kier molecular flexibility index (Phi) is 9.73. The van der Waals surface area contributed by atoms with E-state index in [4.69, 9.17) is 0 Å². The molecule has 3 nitrogen and oxygen atoms in total. The molecule has 0 aromatic rings. The van der Waals surface area contributed by atoms with Crippen molar-refractivity contribution in [1.82, 2.24) is 9.80 Å². The largest absolute Gasteiger partial charge is 0.340 e. The maximum Gasteiger partial charge on any atom is 0.222 e. The van der Waals surface area contributed by atoms with E-state index in [0.29, 0.717) is 5.91 Å². The summed E-state index contributed by atoms with van der Waals surface area (Å²) in [5.41, 5.74) is 0. The summed E-state index contributed by atoms with van der Waals surface area (Å²) in [4.78, 5) is 16.4. The zero-order valence-corrected chi connectivity index (χ0v) is 13.7. The molecule has 1 saturated heterocycles. The number of rotatable bonds is 10. The Balaban J connectivity index is 1.89. The van der Waals surface area contributed by atoms with Crippen LogP contribution in [0.4, 0.5) is 0 Å². The van der Waals surface area contributed by atoms with Crippen LogP contribution >= 0.6 is 0 Å². The van der Waals surface area contributed by atoms with Gasteiger partial charge in [-0.05, 0) is 13.5 Å². The lowest BCUT2D eigenvalue weighted by Crippen LogP contribution is -2.47. The molecule has 1 aliphatic rings. The van der Waals surface area contributed by atoms with E-state index in [1.807, 2.05) is 4.90 Å². The number of likely N-dealkylation sites (N-methyl/N-ethyl adjacent to an activating group) is 1. The molecule has 0 bridgehead atoms. The quantitative estimate of drug-likeness (QED) is 0.571. The molecule has 118 valence electrons. The second kappa shape index (κ2) is 11.1. The van der Waals surface area contributed by atoms with Gasteiger partial charge < -0.3 is 9.80 Å².